The van der Waals surface area contributed by atoms with Crippen molar-refractivity contribution in [1.29, 1.82) is 0 Å². The maximum Gasteiger partial charge on any atom is 0.338 e. The molecule has 0 fully saturated rings. The van der Waals surface area contributed by atoms with Crippen LogP contribution in [0, 0.1) is 0 Å². The van der Waals surface area contributed by atoms with Crippen molar-refractivity contribution in [3.8, 4) is 17.2 Å². The number of methoxy groups -OCH3 is 3. The molecule has 9 heteroatoms. The molecule has 5 rings (SSSR count). The number of hydrogen-bond acceptors (Lipinski definition) is 8. The highest BCUT2D eigenvalue weighted by Crippen LogP contribution is 2.40. The Bertz CT molecular complexity index is 1800. The molecule has 0 unspecified atom stereocenters. The van der Waals surface area contributed by atoms with Crippen molar-refractivity contribution in [2.45, 2.75) is 19.9 Å². The smallest absolute Gasteiger partial charge is 0.338 e. The maximum absolute atomic E-state index is 14.1. The first-order valence-electron chi connectivity index (χ1n) is 12.4. The van der Waals surface area contributed by atoms with Gasteiger partial charge in [0, 0.05) is 11.1 Å². The number of aromatic nitrogens is 1. The van der Waals surface area contributed by atoms with Crippen LogP contribution in [0.3, 0.4) is 0 Å². The molecule has 0 saturated heterocycles. The molecule has 200 valence electrons. The van der Waals surface area contributed by atoms with Crippen molar-refractivity contribution < 1.29 is 23.7 Å². The van der Waals surface area contributed by atoms with Crippen molar-refractivity contribution in [3.05, 3.63) is 96.7 Å². The Balaban J connectivity index is 1.85. The molecular formula is C30H28N2O6S. The van der Waals surface area contributed by atoms with Gasteiger partial charge in [-0.2, -0.15) is 0 Å². The van der Waals surface area contributed by atoms with Gasteiger partial charge in [-0.05, 0) is 55.0 Å². The molecule has 4 aromatic rings. The van der Waals surface area contributed by atoms with Crippen molar-refractivity contribution in [2.24, 2.45) is 4.99 Å². The van der Waals surface area contributed by atoms with Gasteiger partial charge in [-0.25, -0.2) is 9.79 Å². The Labute approximate surface area is 229 Å². The highest BCUT2D eigenvalue weighted by atomic mass is 32.1. The fraction of sp³-hybridized carbons (Fsp3) is 0.233. The van der Waals surface area contributed by atoms with E-state index in [0.29, 0.717) is 49.0 Å². The van der Waals surface area contributed by atoms with E-state index in [2.05, 4.69) is 4.99 Å². The minimum Gasteiger partial charge on any atom is -0.497 e. The Kier molecular flexibility index (Phi) is 7.26. The van der Waals surface area contributed by atoms with Crippen LogP contribution < -0.4 is 29.1 Å². The highest BCUT2D eigenvalue weighted by molar-refractivity contribution is 7.07. The number of esters is 1. The predicted molar refractivity (Wildman–Crippen MR) is 150 cm³/mol. The number of thiazole rings is 1. The standard InChI is InChI=1S/C30H28N2O6S/c1-6-38-29(34)25-17(2)31-30-32(27(25)26-21-10-8-7-9-18(21)11-13-23(26)37-5)28(33)24(39-30)16-19-15-20(35-3)12-14-22(19)36-4/h7-16,27H,6H2,1-5H3/b24-16+/t27-/m0/s1. The first-order chi connectivity index (χ1) is 18.9. The minimum absolute atomic E-state index is 0.190. The lowest BCUT2D eigenvalue weighted by molar-refractivity contribution is -0.139. The van der Waals surface area contributed by atoms with E-state index in [4.69, 9.17) is 18.9 Å². The average molecular weight is 545 g/mol. The van der Waals surface area contributed by atoms with Crippen LogP contribution in [-0.4, -0.2) is 38.5 Å². The highest BCUT2D eigenvalue weighted by Gasteiger charge is 2.36. The summed E-state index contributed by atoms with van der Waals surface area (Å²) in [5.74, 6) is 1.26. The van der Waals surface area contributed by atoms with Gasteiger partial charge in [0.1, 0.15) is 23.3 Å². The predicted octanol–water partition coefficient (Wildman–Crippen LogP) is 3.98. The van der Waals surface area contributed by atoms with Crippen LogP contribution in [0.4, 0.5) is 0 Å². The van der Waals surface area contributed by atoms with E-state index in [9.17, 15) is 9.59 Å². The van der Waals surface area contributed by atoms with E-state index in [1.807, 2.05) is 36.4 Å². The fourth-order valence-corrected chi connectivity index (χ4v) is 5.93. The molecule has 0 N–H and O–H groups in total. The van der Waals surface area contributed by atoms with Gasteiger partial charge in [-0.3, -0.25) is 9.36 Å². The molecule has 0 aliphatic carbocycles. The van der Waals surface area contributed by atoms with Gasteiger partial charge in [0.15, 0.2) is 4.80 Å². The lowest BCUT2D eigenvalue weighted by atomic mass is 9.90. The van der Waals surface area contributed by atoms with E-state index in [0.717, 1.165) is 10.8 Å². The summed E-state index contributed by atoms with van der Waals surface area (Å²) < 4.78 is 24.1. The van der Waals surface area contributed by atoms with Crippen LogP contribution in [0.1, 0.15) is 31.0 Å². The summed E-state index contributed by atoms with van der Waals surface area (Å²) >= 11 is 1.24. The van der Waals surface area contributed by atoms with Crippen LogP contribution in [0.2, 0.25) is 0 Å². The third kappa shape index (κ3) is 4.59. The van der Waals surface area contributed by atoms with Crippen LogP contribution in [-0.2, 0) is 9.53 Å². The first kappa shape index (κ1) is 26.2. The van der Waals surface area contributed by atoms with Crippen molar-refractivity contribution in [3.63, 3.8) is 0 Å². The van der Waals surface area contributed by atoms with Gasteiger partial charge in [0.25, 0.3) is 5.56 Å². The van der Waals surface area contributed by atoms with Crippen LogP contribution in [0.5, 0.6) is 17.2 Å². The molecule has 0 amide bonds. The van der Waals surface area contributed by atoms with Crippen LogP contribution in [0.25, 0.3) is 16.8 Å². The number of allylic oxidation sites excluding steroid dienone is 1. The summed E-state index contributed by atoms with van der Waals surface area (Å²) in [6.45, 7) is 3.70. The molecule has 1 aromatic heterocycles. The zero-order valence-electron chi connectivity index (χ0n) is 22.3. The molecule has 0 spiro atoms. The zero-order chi connectivity index (χ0) is 27.7. The van der Waals surface area contributed by atoms with Gasteiger partial charge in [-0.1, -0.05) is 41.7 Å². The molecular weight excluding hydrogens is 516 g/mol. The van der Waals surface area contributed by atoms with Crippen molar-refractivity contribution in [2.75, 3.05) is 27.9 Å². The number of ether oxygens (including phenoxy) is 4. The molecule has 0 saturated carbocycles. The van der Waals surface area contributed by atoms with Gasteiger partial charge < -0.3 is 18.9 Å². The van der Waals surface area contributed by atoms with Crippen molar-refractivity contribution >= 4 is 34.2 Å². The average Bonchev–Trinajstić information content (AvgIpc) is 3.25. The fourth-order valence-electron chi connectivity index (χ4n) is 4.89. The second-order valence-electron chi connectivity index (χ2n) is 8.81. The van der Waals surface area contributed by atoms with E-state index in [1.54, 1.807) is 64.0 Å². The molecule has 1 atom stereocenters. The Morgan fingerprint density at radius 1 is 1.03 bits per heavy atom. The lowest BCUT2D eigenvalue weighted by Gasteiger charge is -2.27. The molecule has 3 aromatic carbocycles. The second-order valence-corrected chi connectivity index (χ2v) is 9.82. The number of nitrogens with zero attached hydrogens (tertiary/aromatic N) is 2. The third-order valence-electron chi connectivity index (χ3n) is 6.66. The van der Waals surface area contributed by atoms with E-state index in [-0.39, 0.29) is 12.2 Å². The normalized spacial score (nSPS) is 15.1. The van der Waals surface area contributed by atoms with Crippen LogP contribution in [0.15, 0.2) is 75.7 Å². The lowest BCUT2D eigenvalue weighted by Crippen LogP contribution is -2.40. The number of hydrogen-bond donors (Lipinski definition) is 0. The minimum atomic E-state index is -0.810. The first-order valence-corrected chi connectivity index (χ1v) is 13.2. The summed E-state index contributed by atoms with van der Waals surface area (Å²) in [6, 6.07) is 16.2. The summed E-state index contributed by atoms with van der Waals surface area (Å²) in [4.78, 5) is 32.6. The summed E-state index contributed by atoms with van der Waals surface area (Å²) in [7, 11) is 4.73. The van der Waals surface area contributed by atoms with E-state index >= 15 is 0 Å². The molecule has 0 radical (unpaired) electrons. The van der Waals surface area contributed by atoms with Crippen molar-refractivity contribution in [1.82, 2.24) is 4.57 Å². The van der Waals surface area contributed by atoms with Crippen LogP contribution >= 0.6 is 11.3 Å². The summed E-state index contributed by atoms with van der Waals surface area (Å²) in [5, 5.41) is 1.82. The Morgan fingerprint density at radius 2 is 1.77 bits per heavy atom. The number of benzene rings is 3. The van der Waals surface area contributed by atoms with Gasteiger partial charge in [0.05, 0.1) is 43.7 Å². The molecule has 1 aliphatic rings. The van der Waals surface area contributed by atoms with E-state index in [1.165, 1.54) is 11.3 Å². The monoisotopic (exact) mass is 544 g/mol. The molecule has 0 bridgehead atoms. The maximum atomic E-state index is 14.1. The molecule has 1 aliphatic heterocycles. The van der Waals surface area contributed by atoms with E-state index < -0.39 is 12.0 Å². The van der Waals surface area contributed by atoms with Gasteiger partial charge >= 0.3 is 5.97 Å². The Morgan fingerprint density at radius 3 is 2.49 bits per heavy atom. The third-order valence-corrected chi connectivity index (χ3v) is 7.65. The second kappa shape index (κ2) is 10.8. The Hall–Kier alpha value is -4.37. The number of rotatable bonds is 7. The molecule has 39 heavy (non-hydrogen) atoms. The summed E-state index contributed by atoms with van der Waals surface area (Å²) in [6.07, 6.45) is 1.76. The quantitative estimate of drug-likeness (QED) is 0.327. The number of fused-ring (bicyclic) bond motifs is 2. The SMILES string of the molecule is CCOC(=O)C1=C(C)N=c2s/c(=C/c3cc(OC)ccc3OC)c(=O)n2[C@@H]1c1c(OC)ccc2ccccc12. The molecule has 8 nitrogen and oxygen atoms in total. The molecule has 2 heterocycles. The number of carbonyl (C=O) groups excluding carboxylic acids is 1. The number of carbonyl (C=O) groups is 1. The zero-order valence-corrected chi connectivity index (χ0v) is 23.1. The summed E-state index contributed by atoms with van der Waals surface area (Å²) in [5.41, 5.74) is 1.87. The largest absolute Gasteiger partial charge is 0.497 e. The van der Waals surface area contributed by atoms with Gasteiger partial charge in [0.2, 0.25) is 0 Å². The van der Waals surface area contributed by atoms with Gasteiger partial charge in [-0.15, -0.1) is 0 Å². The topological polar surface area (TPSA) is 88.4 Å².